The molecule has 0 bridgehead atoms. The molecule has 22 heavy (non-hydrogen) atoms. The van der Waals surface area contributed by atoms with Crippen LogP contribution in [-0.4, -0.2) is 31.1 Å². The Morgan fingerprint density at radius 2 is 1.77 bits per heavy atom. The fraction of sp³-hybridized carbons (Fsp3) is 0.579. The van der Waals surface area contributed by atoms with Gasteiger partial charge in [-0.2, -0.15) is 0 Å². The molecule has 2 rings (SSSR count). The fourth-order valence-electron chi connectivity index (χ4n) is 3.04. The molecule has 0 heterocycles. The van der Waals surface area contributed by atoms with Crippen molar-refractivity contribution in [1.29, 1.82) is 0 Å². The number of hydrogen-bond acceptors (Lipinski definition) is 2. The van der Waals surface area contributed by atoms with Crippen LogP contribution in [0.5, 0.6) is 0 Å². The van der Waals surface area contributed by atoms with Gasteiger partial charge in [0.05, 0.1) is 5.56 Å². The average molecular weight is 305 g/mol. The van der Waals surface area contributed by atoms with Gasteiger partial charge in [0.1, 0.15) is 18.2 Å². The predicted octanol–water partition coefficient (Wildman–Crippen LogP) is 4.86. The largest absolute Gasteiger partial charge is 0.492 e. The van der Waals surface area contributed by atoms with Gasteiger partial charge < -0.3 is 9.64 Å². The zero-order chi connectivity index (χ0) is 15.8. The lowest BCUT2D eigenvalue weighted by atomic mass is 9.92. The van der Waals surface area contributed by atoms with E-state index in [0.717, 1.165) is 38.2 Å². The van der Waals surface area contributed by atoms with Crippen molar-refractivity contribution >= 4 is 5.76 Å². The van der Waals surface area contributed by atoms with Crippen molar-refractivity contribution in [2.75, 3.05) is 26.2 Å². The van der Waals surface area contributed by atoms with E-state index < -0.39 is 0 Å². The summed E-state index contributed by atoms with van der Waals surface area (Å²) in [5.74, 6) is 0.614. The number of halogens is 1. The van der Waals surface area contributed by atoms with E-state index in [9.17, 15) is 4.39 Å². The van der Waals surface area contributed by atoms with Crippen LogP contribution >= 0.6 is 0 Å². The molecule has 1 aliphatic rings. The van der Waals surface area contributed by atoms with E-state index >= 15 is 0 Å². The van der Waals surface area contributed by atoms with Gasteiger partial charge in [-0.1, -0.05) is 32.4 Å². The molecule has 0 unspecified atom stereocenters. The SMILES string of the molecule is CCN(CC)CCOC(=C1CCCCC1)c1ccccc1F. The Morgan fingerprint density at radius 1 is 1.09 bits per heavy atom. The molecule has 1 aliphatic carbocycles. The molecular formula is C19H28FNO. The van der Waals surface area contributed by atoms with Gasteiger partial charge in [0.25, 0.3) is 0 Å². The lowest BCUT2D eigenvalue weighted by Gasteiger charge is -2.23. The van der Waals surface area contributed by atoms with Crippen LogP contribution in [-0.2, 0) is 4.74 Å². The molecule has 0 aromatic heterocycles. The summed E-state index contributed by atoms with van der Waals surface area (Å²) in [5.41, 5.74) is 1.91. The maximum atomic E-state index is 14.2. The zero-order valence-electron chi connectivity index (χ0n) is 13.9. The highest BCUT2D eigenvalue weighted by Crippen LogP contribution is 2.32. The van der Waals surface area contributed by atoms with Crippen molar-refractivity contribution in [3.8, 4) is 0 Å². The van der Waals surface area contributed by atoms with Gasteiger partial charge in [0.15, 0.2) is 0 Å². The number of allylic oxidation sites excluding steroid dienone is 1. The van der Waals surface area contributed by atoms with Gasteiger partial charge in [0.2, 0.25) is 0 Å². The minimum absolute atomic E-state index is 0.182. The van der Waals surface area contributed by atoms with Gasteiger partial charge in [-0.05, 0) is 56.5 Å². The van der Waals surface area contributed by atoms with Crippen LogP contribution in [0.1, 0.15) is 51.5 Å². The van der Waals surface area contributed by atoms with Crippen LogP contribution in [0.2, 0.25) is 0 Å². The van der Waals surface area contributed by atoms with Crippen LogP contribution < -0.4 is 0 Å². The second kappa shape index (κ2) is 8.94. The minimum Gasteiger partial charge on any atom is -0.492 e. The second-order valence-electron chi connectivity index (χ2n) is 5.85. The summed E-state index contributed by atoms with van der Waals surface area (Å²) in [6, 6.07) is 6.98. The third-order valence-corrected chi connectivity index (χ3v) is 4.45. The average Bonchev–Trinajstić information content (AvgIpc) is 2.57. The molecule has 0 atom stereocenters. The standard InChI is InChI=1S/C19H28FNO/c1-3-21(4-2)14-15-22-19(16-10-6-5-7-11-16)17-12-8-9-13-18(17)20/h8-9,12-13H,3-7,10-11,14-15H2,1-2H3. The summed E-state index contributed by atoms with van der Waals surface area (Å²) in [4.78, 5) is 2.32. The van der Waals surface area contributed by atoms with Crippen molar-refractivity contribution in [1.82, 2.24) is 4.90 Å². The lowest BCUT2D eigenvalue weighted by molar-refractivity contribution is 0.199. The molecule has 122 valence electrons. The zero-order valence-corrected chi connectivity index (χ0v) is 13.9. The van der Waals surface area contributed by atoms with Crippen molar-refractivity contribution in [3.05, 3.63) is 41.2 Å². The predicted molar refractivity (Wildman–Crippen MR) is 90.1 cm³/mol. The smallest absolute Gasteiger partial charge is 0.134 e. The van der Waals surface area contributed by atoms with E-state index in [1.54, 1.807) is 6.07 Å². The van der Waals surface area contributed by atoms with Gasteiger partial charge in [-0.25, -0.2) is 4.39 Å². The topological polar surface area (TPSA) is 12.5 Å². The molecule has 1 fully saturated rings. The summed E-state index contributed by atoms with van der Waals surface area (Å²) in [6.07, 6.45) is 5.72. The minimum atomic E-state index is -0.182. The quantitative estimate of drug-likeness (QED) is 0.667. The Hall–Kier alpha value is -1.35. The molecule has 0 aliphatic heterocycles. The summed E-state index contributed by atoms with van der Waals surface area (Å²) in [5, 5.41) is 0. The Morgan fingerprint density at radius 3 is 2.41 bits per heavy atom. The normalized spacial score (nSPS) is 15.2. The Balaban J connectivity index is 2.14. The van der Waals surface area contributed by atoms with Crippen LogP contribution in [0.25, 0.3) is 5.76 Å². The number of likely N-dealkylation sites (N-methyl/N-ethyl adjacent to an activating group) is 1. The maximum absolute atomic E-state index is 14.2. The number of nitrogens with zero attached hydrogens (tertiary/aromatic N) is 1. The van der Waals surface area contributed by atoms with Crippen LogP contribution in [0.3, 0.4) is 0 Å². The van der Waals surface area contributed by atoms with Crippen molar-refractivity contribution < 1.29 is 9.13 Å². The molecule has 1 aromatic carbocycles. The Labute approximate surface area is 134 Å². The molecular weight excluding hydrogens is 277 g/mol. The van der Waals surface area contributed by atoms with E-state index in [-0.39, 0.29) is 5.82 Å². The fourth-order valence-corrected chi connectivity index (χ4v) is 3.04. The highest BCUT2D eigenvalue weighted by Gasteiger charge is 2.17. The number of hydrogen-bond donors (Lipinski definition) is 0. The molecule has 2 nitrogen and oxygen atoms in total. The first-order chi connectivity index (χ1) is 10.8. The van der Waals surface area contributed by atoms with Gasteiger partial charge in [0, 0.05) is 6.54 Å². The van der Waals surface area contributed by atoms with Crippen molar-refractivity contribution in [2.45, 2.75) is 46.0 Å². The molecule has 1 saturated carbocycles. The number of benzene rings is 1. The molecule has 0 N–H and O–H groups in total. The second-order valence-corrected chi connectivity index (χ2v) is 5.85. The molecule has 0 radical (unpaired) electrons. The Kier molecular flexibility index (Phi) is 6.91. The molecule has 0 amide bonds. The van der Waals surface area contributed by atoms with Gasteiger partial charge in [-0.3, -0.25) is 0 Å². The number of rotatable bonds is 7. The maximum Gasteiger partial charge on any atom is 0.134 e. The van der Waals surface area contributed by atoms with E-state index in [1.165, 1.54) is 30.9 Å². The van der Waals surface area contributed by atoms with E-state index in [4.69, 9.17) is 4.74 Å². The highest BCUT2D eigenvalue weighted by molar-refractivity contribution is 5.63. The molecule has 0 spiro atoms. The first-order valence-electron chi connectivity index (χ1n) is 8.58. The Bertz CT molecular complexity index is 486. The highest BCUT2D eigenvalue weighted by atomic mass is 19.1. The number of ether oxygens (including phenoxy) is 1. The summed E-state index contributed by atoms with van der Waals surface area (Å²) in [6.45, 7) is 7.85. The van der Waals surface area contributed by atoms with E-state index in [1.807, 2.05) is 12.1 Å². The summed E-state index contributed by atoms with van der Waals surface area (Å²) in [7, 11) is 0. The van der Waals surface area contributed by atoms with Crippen LogP contribution in [0.15, 0.2) is 29.8 Å². The molecule has 3 heteroatoms. The third kappa shape index (κ3) is 4.57. The van der Waals surface area contributed by atoms with Crippen LogP contribution in [0.4, 0.5) is 4.39 Å². The lowest BCUT2D eigenvalue weighted by Crippen LogP contribution is -2.27. The first kappa shape index (κ1) is 17.0. The van der Waals surface area contributed by atoms with E-state index in [0.29, 0.717) is 12.2 Å². The first-order valence-corrected chi connectivity index (χ1v) is 8.58. The van der Waals surface area contributed by atoms with Gasteiger partial charge >= 0.3 is 0 Å². The monoisotopic (exact) mass is 305 g/mol. The van der Waals surface area contributed by atoms with Crippen molar-refractivity contribution in [3.63, 3.8) is 0 Å². The molecule has 0 saturated heterocycles. The van der Waals surface area contributed by atoms with Crippen molar-refractivity contribution in [2.24, 2.45) is 0 Å². The van der Waals surface area contributed by atoms with Gasteiger partial charge in [-0.15, -0.1) is 0 Å². The summed E-state index contributed by atoms with van der Waals surface area (Å²) >= 11 is 0. The third-order valence-electron chi connectivity index (χ3n) is 4.45. The summed E-state index contributed by atoms with van der Waals surface area (Å²) < 4.78 is 20.3. The van der Waals surface area contributed by atoms with E-state index in [2.05, 4.69) is 18.7 Å². The molecule has 1 aromatic rings. The van der Waals surface area contributed by atoms with Crippen LogP contribution in [0, 0.1) is 5.82 Å².